The number of fused-ring (bicyclic) bond motifs is 1. The number of hydrogen-bond acceptors (Lipinski definition) is 3. The first-order valence-electron chi connectivity index (χ1n) is 13.7. The van der Waals surface area contributed by atoms with E-state index in [2.05, 4.69) is 55.6 Å². The molecule has 0 saturated carbocycles. The summed E-state index contributed by atoms with van der Waals surface area (Å²) in [7, 11) is 0. The van der Waals surface area contributed by atoms with Crippen LogP contribution in [0, 0.1) is 29.1 Å². The third kappa shape index (κ3) is 8.97. The molecular weight excluding hydrogens is 508 g/mol. The Morgan fingerprint density at radius 3 is 2.36 bits per heavy atom. The Hall–Kier alpha value is -3.62. The number of carboxylic acid groups (broad SMARTS) is 1. The van der Waals surface area contributed by atoms with Gasteiger partial charge >= 0.3 is 5.97 Å². The summed E-state index contributed by atoms with van der Waals surface area (Å²) in [6, 6.07) is 9.72. The van der Waals surface area contributed by atoms with Gasteiger partial charge in [-0.25, -0.2) is 0 Å². The number of carbonyl (C=O) groups excluding carboxylic acids is 1. The molecule has 39 heavy (non-hydrogen) atoms. The molecule has 1 aromatic rings. The summed E-state index contributed by atoms with van der Waals surface area (Å²) in [4.78, 5) is 22.9. The van der Waals surface area contributed by atoms with Crippen LogP contribution in [0.4, 0.5) is 0 Å². The van der Waals surface area contributed by atoms with Crippen molar-refractivity contribution in [1.29, 1.82) is 5.26 Å². The van der Waals surface area contributed by atoms with Crippen molar-refractivity contribution < 1.29 is 14.7 Å². The molecule has 3 aliphatic carbocycles. The molecule has 4 rings (SSSR count). The minimum absolute atomic E-state index is 0.102. The van der Waals surface area contributed by atoms with Gasteiger partial charge in [0.2, 0.25) is 0 Å². The summed E-state index contributed by atoms with van der Waals surface area (Å²) >= 11 is 6.23. The Labute approximate surface area is 236 Å². The zero-order valence-electron chi connectivity index (χ0n) is 22.7. The number of hydrogen-bond donors (Lipinski definition) is 2. The van der Waals surface area contributed by atoms with E-state index in [9.17, 15) is 14.9 Å². The van der Waals surface area contributed by atoms with Crippen molar-refractivity contribution in [3.8, 4) is 6.07 Å². The summed E-state index contributed by atoms with van der Waals surface area (Å²) in [6.45, 7) is 4.46. The molecule has 0 heterocycles. The number of nitrogens with zero attached hydrogens (tertiary/aromatic N) is 1. The molecule has 1 amide bonds. The number of nitriles is 1. The van der Waals surface area contributed by atoms with E-state index in [0.717, 1.165) is 29.9 Å². The minimum Gasteiger partial charge on any atom is -0.481 e. The minimum atomic E-state index is -0.942. The second-order valence-electron chi connectivity index (χ2n) is 9.98. The van der Waals surface area contributed by atoms with Crippen LogP contribution in [0.15, 0.2) is 94.6 Å². The van der Waals surface area contributed by atoms with Crippen LogP contribution in [0.25, 0.3) is 0 Å². The van der Waals surface area contributed by atoms with Crippen molar-refractivity contribution in [2.75, 3.05) is 6.54 Å². The summed E-state index contributed by atoms with van der Waals surface area (Å²) in [5, 5.41) is 21.5. The van der Waals surface area contributed by atoms with E-state index >= 15 is 0 Å². The largest absolute Gasteiger partial charge is 0.481 e. The standard InChI is InChI=1S/C29H27ClN2O3.C4H10/c30-26-11-9-21(10-12-26)27(25-8-7-23-15-20(18-31)3-6-24(23)17-25)16-19-1-4-22(5-2-19)29(35)32-14-13-28(33)34;1-3-4-2/h1-9,11,15,17,23-24,27H,10,12-14,16H2,(H,32,35)(H,33,34);3-4H2,1-2H3. The van der Waals surface area contributed by atoms with Crippen LogP contribution in [-0.2, 0) is 11.2 Å². The normalized spacial score (nSPS) is 20.1. The fourth-order valence-electron chi connectivity index (χ4n) is 4.67. The lowest BCUT2D eigenvalue weighted by Crippen LogP contribution is -2.26. The number of carbonyl (C=O) groups is 2. The second-order valence-corrected chi connectivity index (χ2v) is 10.5. The van der Waals surface area contributed by atoms with Crippen molar-refractivity contribution in [2.24, 2.45) is 17.8 Å². The molecule has 3 aliphatic rings. The van der Waals surface area contributed by atoms with E-state index in [-0.39, 0.29) is 36.6 Å². The zero-order chi connectivity index (χ0) is 28.2. The summed E-state index contributed by atoms with van der Waals surface area (Å²) in [6.07, 6.45) is 21.9. The molecule has 0 aliphatic heterocycles. The summed E-state index contributed by atoms with van der Waals surface area (Å²) in [5.41, 5.74) is 4.89. The van der Waals surface area contributed by atoms with E-state index in [0.29, 0.717) is 11.1 Å². The number of carboxylic acids is 1. The average molecular weight is 545 g/mol. The molecule has 3 unspecified atom stereocenters. The number of rotatable bonds is 9. The predicted molar refractivity (Wildman–Crippen MR) is 157 cm³/mol. The fourth-order valence-corrected chi connectivity index (χ4v) is 4.83. The molecule has 0 radical (unpaired) electrons. The second kappa shape index (κ2) is 15.1. The van der Waals surface area contributed by atoms with E-state index < -0.39 is 5.97 Å². The Bertz CT molecular complexity index is 1260. The SMILES string of the molecule is CCCC.N#CC1=CC2C=CC(C(Cc3ccc(C(=O)NCCC(=O)O)cc3)C3=CC=C(Cl)CC3)=CC2C=C1. The van der Waals surface area contributed by atoms with Gasteiger partial charge in [0.25, 0.3) is 5.91 Å². The van der Waals surface area contributed by atoms with E-state index in [1.807, 2.05) is 30.4 Å². The Morgan fingerprint density at radius 2 is 1.74 bits per heavy atom. The Balaban J connectivity index is 0.000000983. The van der Waals surface area contributed by atoms with Gasteiger partial charge in [0.1, 0.15) is 0 Å². The molecule has 0 bridgehead atoms. The number of nitrogens with one attached hydrogen (secondary N) is 1. The maximum atomic E-state index is 12.3. The van der Waals surface area contributed by atoms with Crippen LogP contribution >= 0.6 is 11.6 Å². The highest BCUT2D eigenvalue weighted by molar-refractivity contribution is 6.29. The van der Waals surface area contributed by atoms with Gasteiger partial charge < -0.3 is 10.4 Å². The van der Waals surface area contributed by atoms with Crippen LogP contribution in [0.2, 0.25) is 0 Å². The topological polar surface area (TPSA) is 90.2 Å². The highest BCUT2D eigenvalue weighted by Crippen LogP contribution is 2.38. The lowest BCUT2D eigenvalue weighted by Gasteiger charge is -2.30. The van der Waals surface area contributed by atoms with Crippen molar-refractivity contribution in [2.45, 2.75) is 52.4 Å². The fraction of sp³-hybridized carbons (Fsp3) is 0.364. The van der Waals surface area contributed by atoms with Crippen molar-refractivity contribution in [1.82, 2.24) is 5.32 Å². The first kappa shape index (κ1) is 29.9. The molecule has 1 aromatic carbocycles. The number of benzene rings is 1. The molecule has 5 nitrogen and oxygen atoms in total. The smallest absolute Gasteiger partial charge is 0.305 e. The van der Waals surface area contributed by atoms with Crippen LogP contribution < -0.4 is 5.32 Å². The summed E-state index contributed by atoms with van der Waals surface area (Å²) in [5.74, 6) is -0.606. The number of aliphatic carboxylic acids is 1. The molecule has 204 valence electrons. The van der Waals surface area contributed by atoms with E-state index in [4.69, 9.17) is 16.7 Å². The lowest BCUT2D eigenvalue weighted by atomic mass is 9.75. The predicted octanol–water partition coefficient (Wildman–Crippen LogP) is 7.45. The van der Waals surface area contributed by atoms with Gasteiger partial charge in [-0.2, -0.15) is 5.26 Å². The zero-order valence-corrected chi connectivity index (χ0v) is 23.5. The third-order valence-corrected chi connectivity index (χ3v) is 7.42. The van der Waals surface area contributed by atoms with Gasteiger partial charge in [-0.05, 0) is 54.7 Å². The highest BCUT2D eigenvalue weighted by atomic mass is 35.5. The summed E-state index contributed by atoms with van der Waals surface area (Å²) < 4.78 is 0. The van der Waals surface area contributed by atoms with Crippen LogP contribution in [0.1, 0.15) is 61.9 Å². The highest BCUT2D eigenvalue weighted by Gasteiger charge is 2.26. The maximum Gasteiger partial charge on any atom is 0.305 e. The molecule has 0 fully saturated rings. The van der Waals surface area contributed by atoms with Crippen molar-refractivity contribution >= 4 is 23.5 Å². The van der Waals surface area contributed by atoms with Gasteiger partial charge in [0, 0.05) is 40.5 Å². The first-order chi connectivity index (χ1) is 18.8. The molecule has 2 N–H and O–H groups in total. The number of unbranched alkanes of at least 4 members (excludes halogenated alkanes) is 1. The van der Waals surface area contributed by atoms with Gasteiger partial charge in [-0.3, -0.25) is 9.59 Å². The molecular formula is C33H37ClN2O3. The average Bonchev–Trinajstić information content (AvgIpc) is 2.96. The van der Waals surface area contributed by atoms with E-state index in [1.54, 1.807) is 12.1 Å². The van der Waals surface area contributed by atoms with Gasteiger partial charge in [-0.15, -0.1) is 0 Å². The Kier molecular flexibility index (Phi) is 11.6. The lowest BCUT2D eigenvalue weighted by molar-refractivity contribution is -0.136. The first-order valence-corrected chi connectivity index (χ1v) is 14.1. The molecule has 6 heteroatoms. The van der Waals surface area contributed by atoms with Gasteiger partial charge in [-0.1, -0.05) is 92.5 Å². The third-order valence-electron chi connectivity index (χ3n) is 7.10. The molecule has 0 spiro atoms. The number of halogens is 1. The van der Waals surface area contributed by atoms with Crippen LogP contribution in [0.3, 0.4) is 0 Å². The van der Waals surface area contributed by atoms with Gasteiger partial charge in [0.05, 0.1) is 12.5 Å². The molecule has 0 saturated heterocycles. The maximum absolute atomic E-state index is 12.3. The number of amides is 1. The van der Waals surface area contributed by atoms with Crippen LogP contribution in [0.5, 0.6) is 0 Å². The van der Waals surface area contributed by atoms with Crippen molar-refractivity contribution in [3.63, 3.8) is 0 Å². The molecule has 0 aromatic heterocycles. The number of allylic oxidation sites excluding steroid dienone is 12. The van der Waals surface area contributed by atoms with Crippen molar-refractivity contribution in [3.05, 3.63) is 106 Å². The quantitative estimate of drug-likeness (QED) is 0.338. The Morgan fingerprint density at radius 1 is 1.05 bits per heavy atom. The van der Waals surface area contributed by atoms with Crippen LogP contribution in [-0.4, -0.2) is 23.5 Å². The molecule has 3 atom stereocenters. The monoisotopic (exact) mass is 544 g/mol. The van der Waals surface area contributed by atoms with Gasteiger partial charge in [0.15, 0.2) is 0 Å². The van der Waals surface area contributed by atoms with E-state index in [1.165, 1.54) is 24.0 Å².